The number of amides is 2. The van der Waals surface area contributed by atoms with Crippen molar-refractivity contribution in [2.75, 3.05) is 25.6 Å². The van der Waals surface area contributed by atoms with Gasteiger partial charge in [-0.1, -0.05) is 18.2 Å². The van der Waals surface area contributed by atoms with Crippen LogP contribution in [-0.2, 0) is 9.59 Å². The lowest BCUT2D eigenvalue weighted by molar-refractivity contribution is -0.123. The van der Waals surface area contributed by atoms with Crippen LogP contribution in [0.15, 0.2) is 71.8 Å². The van der Waals surface area contributed by atoms with Crippen LogP contribution >= 0.6 is 0 Å². The smallest absolute Gasteiger partial charge is 0.277 e. The summed E-state index contributed by atoms with van der Waals surface area (Å²) >= 11 is 0. The van der Waals surface area contributed by atoms with E-state index in [4.69, 9.17) is 14.2 Å². The molecule has 0 aliphatic heterocycles. The molecule has 0 aromatic heterocycles. The lowest BCUT2D eigenvalue weighted by Gasteiger charge is -2.09. The number of benzene rings is 3. The predicted molar refractivity (Wildman–Crippen MR) is 131 cm³/mol. The highest BCUT2D eigenvalue weighted by Gasteiger charge is 2.06. The molecule has 8 nitrogen and oxygen atoms in total. The molecule has 0 bridgehead atoms. The van der Waals surface area contributed by atoms with Crippen LogP contribution in [0.3, 0.4) is 0 Å². The third-order valence-corrected chi connectivity index (χ3v) is 4.85. The lowest BCUT2D eigenvalue weighted by atomic mass is 10.1. The zero-order valence-corrected chi connectivity index (χ0v) is 19.3. The highest BCUT2D eigenvalue weighted by Crippen LogP contribution is 2.17. The minimum Gasteiger partial charge on any atom is -0.497 e. The summed E-state index contributed by atoms with van der Waals surface area (Å²) in [6.07, 6.45) is 1.48. The third kappa shape index (κ3) is 7.67. The van der Waals surface area contributed by atoms with Crippen LogP contribution in [0.2, 0.25) is 0 Å². The summed E-state index contributed by atoms with van der Waals surface area (Å²) in [6.45, 7) is 3.70. The van der Waals surface area contributed by atoms with E-state index in [-0.39, 0.29) is 19.1 Å². The standard InChI is InChI=1S/C26H27N3O5/c1-18-7-8-21(13-19(18)2)28-25(30)16-34-24-6-4-5-20(14-24)15-27-29-26(31)17-33-23-11-9-22(32-3)10-12-23/h4-15H,16-17H2,1-3H3,(H,28,30)(H,29,31)/b27-15+. The Morgan fingerprint density at radius 2 is 1.53 bits per heavy atom. The molecule has 0 aliphatic rings. The van der Waals surface area contributed by atoms with Gasteiger partial charge in [0.2, 0.25) is 0 Å². The van der Waals surface area contributed by atoms with E-state index in [1.54, 1.807) is 55.6 Å². The van der Waals surface area contributed by atoms with Crippen LogP contribution in [0.25, 0.3) is 0 Å². The van der Waals surface area contributed by atoms with Crippen molar-refractivity contribution in [2.24, 2.45) is 5.10 Å². The van der Waals surface area contributed by atoms with Crippen LogP contribution in [0.1, 0.15) is 16.7 Å². The van der Waals surface area contributed by atoms with Crippen LogP contribution in [-0.4, -0.2) is 38.4 Å². The Hall–Kier alpha value is -4.33. The van der Waals surface area contributed by atoms with Crippen molar-refractivity contribution in [3.63, 3.8) is 0 Å². The zero-order valence-electron chi connectivity index (χ0n) is 19.3. The molecule has 0 spiro atoms. The lowest BCUT2D eigenvalue weighted by Crippen LogP contribution is -2.24. The van der Waals surface area contributed by atoms with Gasteiger partial charge in [0.1, 0.15) is 17.2 Å². The van der Waals surface area contributed by atoms with Crippen LogP contribution in [0.5, 0.6) is 17.2 Å². The molecule has 0 heterocycles. The first-order chi connectivity index (χ1) is 16.4. The van der Waals surface area contributed by atoms with E-state index in [1.807, 2.05) is 32.0 Å². The number of anilines is 1. The summed E-state index contributed by atoms with van der Waals surface area (Å²) in [5.41, 5.74) is 6.09. The van der Waals surface area contributed by atoms with Gasteiger partial charge in [-0.15, -0.1) is 0 Å². The minimum absolute atomic E-state index is 0.132. The number of nitrogens with zero attached hydrogens (tertiary/aromatic N) is 1. The number of carbonyl (C=O) groups is 2. The SMILES string of the molecule is COc1ccc(OCC(=O)N/N=C/c2cccc(OCC(=O)Nc3ccc(C)c(C)c3)c2)cc1. The maximum Gasteiger partial charge on any atom is 0.277 e. The number of hydrogen-bond acceptors (Lipinski definition) is 6. The molecule has 0 atom stereocenters. The van der Waals surface area contributed by atoms with E-state index >= 15 is 0 Å². The first-order valence-corrected chi connectivity index (χ1v) is 10.6. The van der Waals surface area contributed by atoms with E-state index < -0.39 is 5.91 Å². The maximum absolute atomic E-state index is 12.2. The molecule has 2 N–H and O–H groups in total. The first-order valence-electron chi connectivity index (χ1n) is 10.6. The van der Waals surface area contributed by atoms with Crippen molar-refractivity contribution >= 4 is 23.7 Å². The minimum atomic E-state index is -0.400. The topological polar surface area (TPSA) is 98.2 Å². The van der Waals surface area contributed by atoms with E-state index in [9.17, 15) is 9.59 Å². The van der Waals surface area contributed by atoms with E-state index in [0.717, 1.165) is 16.8 Å². The average Bonchev–Trinajstić information content (AvgIpc) is 2.84. The Bertz CT molecular complexity index is 1160. The fourth-order valence-electron chi connectivity index (χ4n) is 2.88. The van der Waals surface area contributed by atoms with Crippen molar-refractivity contribution in [2.45, 2.75) is 13.8 Å². The van der Waals surface area contributed by atoms with Crippen molar-refractivity contribution in [1.82, 2.24) is 5.43 Å². The third-order valence-electron chi connectivity index (χ3n) is 4.85. The molecule has 2 amide bonds. The molecule has 176 valence electrons. The van der Waals surface area contributed by atoms with Crippen LogP contribution in [0.4, 0.5) is 5.69 Å². The van der Waals surface area contributed by atoms with Crippen molar-refractivity contribution in [3.05, 3.63) is 83.4 Å². The molecule has 0 radical (unpaired) electrons. The summed E-state index contributed by atoms with van der Waals surface area (Å²) in [7, 11) is 1.58. The summed E-state index contributed by atoms with van der Waals surface area (Å²) < 4.78 is 16.0. The Labute approximate surface area is 198 Å². The van der Waals surface area contributed by atoms with Crippen molar-refractivity contribution < 1.29 is 23.8 Å². The van der Waals surface area contributed by atoms with Gasteiger partial charge in [-0.3, -0.25) is 9.59 Å². The number of nitrogens with one attached hydrogen (secondary N) is 2. The zero-order chi connectivity index (χ0) is 24.3. The second-order valence-corrected chi connectivity index (χ2v) is 7.47. The summed E-state index contributed by atoms with van der Waals surface area (Å²) in [4.78, 5) is 24.1. The maximum atomic E-state index is 12.2. The highest BCUT2D eigenvalue weighted by atomic mass is 16.5. The largest absolute Gasteiger partial charge is 0.497 e. The second kappa shape index (κ2) is 12.1. The Balaban J connectivity index is 1.43. The highest BCUT2D eigenvalue weighted by molar-refractivity contribution is 5.92. The quantitative estimate of drug-likeness (QED) is 0.353. The monoisotopic (exact) mass is 461 g/mol. The van der Waals surface area contributed by atoms with Crippen molar-refractivity contribution in [1.29, 1.82) is 0 Å². The average molecular weight is 462 g/mol. The van der Waals surface area contributed by atoms with Gasteiger partial charge in [0.05, 0.1) is 13.3 Å². The Kier molecular flexibility index (Phi) is 8.62. The number of carbonyl (C=O) groups excluding carboxylic acids is 2. The summed E-state index contributed by atoms with van der Waals surface area (Å²) in [6, 6.07) is 19.7. The molecule has 3 aromatic carbocycles. The van der Waals surface area contributed by atoms with Gasteiger partial charge in [-0.25, -0.2) is 5.43 Å². The molecule has 34 heavy (non-hydrogen) atoms. The molecule has 0 fully saturated rings. The number of hydrogen-bond donors (Lipinski definition) is 2. The Morgan fingerprint density at radius 1 is 0.824 bits per heavy atom. The van der Waals surface area contributed by atoms with Gasteiger partial charge >= 0.3 is 0 Å². The van der Waals surface area contributed by atoms with E-state index in [1.165, 1.54) is 6.21 Å². The molecule has 0 saturated carbocycles. The van der Waals surface area contributed by atoms with Crippen LogP contribution < -0.4 is 25.0 Å². The van der Waals surface area contributed by atoms with Gasteiger partial charge in [-0.05, 0) is 79.1 Å². The number of hydrazone groups is 1. The summed E-state index contributed by atoms with van der Waals surface area (Å²) in [5, 5.41) is 6.74. The molecule has 0 unspecified atom stereocenters. The van der Waals surface area contributed by atoms with Gasteiger partial charge < -0.3 is 19.5 Å². The molecule has 0 saturated heterocycles. The van der Waals surface area contributed by atoms with Gasteiger partial charge in [-0.2, -0.15) is 5.10 Å². The van der Waals surface area contributed by atoms with Gasteiger partial charge in [0, 0.05) is 5.69 Å². The second-order valence-electron chi connectivity index (χ2n) is 7.47. The molecular weight excluding hydrogens is 434 g/mol. The fourth-order valence-corrected chi connectivity index (χ4v) is 2.88. The van der Waals surface area contributed by atoms with Crippen molar-refractivity contribution in [3.8, 4) is 17.2 Å². The number of methoxy groups -OCH3 is 1. The van der Waals surface area contributed by atoms with Gasteiger partial charge in [0.15, 0.2) is 13.2 Å². The number of aryl methyl sites for hydroxylation is 2. The molecule has 3 aromatic rings. The molecule has 0 aliphatic carbocycles. The predicted octanol–water partition coefficient (Wildman–Crippen LogP) is 3.86. The molecule has 8 heteroatoms. The Morgan fingerprint density at radius 3 is 2.26 bits per heavy atom. The van der Waals surface area contributed by atoms with E-state index in [0.29, 0.717) is 22.8 Å². The number of rotatable bonds is 10. The fraction of sp³-hybridized carbons (Fsp3) is 0.192. The molecule has 3 rings (SSSR count). The first kappa shape index (κ1) is 24.3. The number of ether oxygens (including phenoxy) is 3. The summed E-state index contributed by atoms with van der Waals surface area (Å²) in [5.74, 6) is 1.10. The van der Waals surface area contributed by atoms with Crippen LogP contribution in [0, 0.1) is 13.8 Å². The van der Waals surface area contributed by atoms with E-state index in [2.05, 4.69) is 15.8 Å². The van der Waals surface area contributed by atoms with Gasteiger partial charge in [0.25, 0.3) is 11.8 Å². The molecular formula is C26H27N3O5. The normalized spacial score (nSPS) is 10.6.